The topological polar surface area (TPSA) is 107 Å². The van der Waals surface area contributed by atoms with Crippen LogP contribution in [-0.2, 0) is 14.8 Å². The maximum atomic E-state index is 12.8. The molecular formula is C20H21F2N3O6S. The molecule has 0 spiro atoms. The Labute approximate surface area is 183 Å². The van der Waals surface area contributed by atoms with E-state index in [0.717, 1.165) is 0 Å². The number of alkyl halides is 2. The van der Waals surface area contributed by atoms with Crippen LogP contribution in [0.25, 0.3) is 0 Å². The normalized spacial score (nSPS) is 15.1. The quantitative estimate of drug-likeness (QED) is 0.469. The standard InChI is InChI=1S/C20H21F2N3O6S/c1-29-18-11-14(5-6-17(18)31-20(21)22)13-23-24-19(26)15-3-2-4-16(12-15)32(27,28)25-7-9-30-10-8-25/h2-6,11-13,20H,7-10H2,1H3,(H,24,26)/b23-13-. The summed E-state index contributed by atoms with van der Waals surface area (Å²) < 4.78 is 66.1. The summed E-state index contributed by atoms with van der Waals surface area (Å²) in [5.74, 6) is -0.687. The third kappa shape index (κ3) is 5.78. The number of hydrazone groups is 1. The number of hydrogen-bond donors (Lipinski definition) is 1. The number of benzene rings is 2. The molecule has 2 aromatic carbocycles. The van der Waals surface area contributed by atoms with Crippen molar-refractivity contribution in [1.29, 1.82) is 0 Å². The van der Waals surface area contributed by atoms with Crippen LogP contribution in [-0.4, -0.2) is 64.9 Å². The Balaban J connectivity index is 1.69. The van der Waals surface area contributed by atoms with Crippen molar-refractivity contribution in [2.24, 2.45) is 5.10 Å². The fourth-order valence-electron chi connectivity index (χ4n) is 2.92. The number of ether oxygens (including phenoxy) is 3. The summed E-state index contributed by atoms with van der Waals surface area (Å²) in [6.45, 7) is -1.88. The number of hydrogen-bond acceptors (Lipinski definition) is 7. The van der Waals surface area contributed by atoms with Gasteiger partial charge in [-0.1, -0.05) is 6.07 Å². The summed E-state index contributed by atoms with van der Waals surface area (Å²) in [6, 6.07) is 9.76. The van der Waals surface area contributed by atoms with E-state index in [4.69, 9.17) is 9.47 Å². The highest BCUT2D eigenvalue weighted by Crippen LogP contribution is 2.29. The molecular weight excluding hydrogens is 448 g/mol. The Bertz CT molecular complexity index is 1090. The van der Waals surface area contributed by atoms with E-state index < -0.39 is 22.5 Å². The second-order valence-electron chi connectivity index (χ2n) is 6.53. The second-order valence-corrected chi connectivity index (χ2v) is 8.47. The highest BCUT2D eigenvalue weighted by molar-refractivity contribution is 7.89. The molecule has 1 saturated heterocycles. The van der Waals surface area contributed by atoms with Gasteiger partial charge in [0.1, 0.15) is 0 Å². The van der Waals surface area contributed by atoms with Gasteiger partial charge in [-0.05, 0) is 42.0 Å². The molecule has 0 aliphatic carbocycles. The zero-order valence-corrected chi connectivity index (χ0v) is 17.8. The molecule has 2 aromatic rings. The van der Waals surface area contributed by atoms with Crippen molar-refractivity contribution in [1.82, 2.24) is 9.73 Å². The van der Waals surface area contributed by atoms with Crippen LogP contribution in [0.1, 0.15) is 15.9 Å². The van der Waals surface area contributed by atoms with Gasteiger partial charge < -0.3 is 14.2 Å². The predicted molar refractivity (Wildman–Crippen MR) is 111 cm³/mol. The van der Waals surface area contributed by atoms with Gasteiger partial charge in [0, 0.05) is 18.7 Å². The number of methoxy groups -OCH3 is 1. The lowest BCUT2D eigenvalue weighted by molar-refractivity contribution is -0.0512. The van der Waals surface area contributed by atoms with Gasteiger partial charge in [0.05, 0.1) is 31.4 Å². The first-order valence-electron chi connectivity index (χ1n) is 9.45. The Kier molecular flexibility index (Phi) is 7.72. The number of nitrogens with zero attached hydrogens (tertiary/aromatic N) is 2. The summed E-state index contributed by atoms with van der Waals surface area (Å²) in [7, 11) is -2.45. The van der Waals surface area contributed by atoms with E-state index in [-0.39, 0.29) is 35.0 Å². The number of nitrogens with one attached hydrogen (secondary N) is 1. The summed E-state index contributed by atoms with van der Waals surface area (Å²) in [5.41, 5.74) is 2.86. The largest absolute Gasteiger partial charge is 0.493 e. The van der Waals surface area contributed by atoms with Crippen molar-refractivity contribution in [2.45, 2.75) is 11.5 Å². The van der Waals surface area contributed by atoms with Gasteiger partial charge in [0.15, 0.2) is 11.5 Å². The van der Waals surface area contributed by atoms with Gasteiger partial charge in [-0.25, -0.2) is 13.8 Å². The number of rotatable bonds is 8. The molecule has 3 rings (SSSR count). The van der Waals surface area contributed by atoms with E-state index in [9.17, 15) is 22.0 Å². The van der Waals surface area contributed by atoms with Crippen LogP contribution < -0.4 is 14.9 Å². The lowest BCUT2D eigenvalue weighted by Gasteiger charge is -2.26. The van der Waals surface area contributed by atoms with Gasteiger partial charge in [0.25, 0.3) is 5.91 Å². The lowest BCUT2D eigenvalue weighted by Crippen LogP contribution is -2.40. The molecule has 0 unspecified atom stereocenters. The smallest absolute Gasteiger partial charge is 0.387 e. The highest BCUT2D eigenvalue weighted by atomic mass is 32.2. The molecule has 9 nitrogen and oxygen atoms in total. The average molecular weight is 469 g/mol. The molecule has 1 N–H and O–H groups in total. The summed E-state index contributed by atoms with van der Waals surface area (Å²) in [4.78, 5) is 12.4. The van der Waals surface area contributed by atoms with E-state index in [2.05, 4.69) is 15.3 Å². The Morgan fingerprint density at radius 2 is 1.94 bits per heavy atom. The maximum Gasteiger partial charge on any atom is 0.387 e. The molecule has 0 aromatic heterocycles. The van der Waals surface area contributed by atoms with Crippen LogP contribution in [0.5, 0.6) is 11.5 Å². The Morgan fingerprint density at radius 1 is 1.19 bits per heavy atom. The van der Waals surface area contributed by atoms with Crippen molar-refractivity contribution in [3.63, 3.8) is 0 Å². The summed E-state index contributed by atoms with van der Waals surface area (Å²) in [6.07, 6.45) is 1.28. The molecule has 12 heteroatoms. The lowest BCUT2D eigenvalue weighted by atomic mass is 10.2. The molecule has 0 atom stereocenters. The minimum absolute atomic E-state index is 0.00427. The van der Waals surface area contributed by atoms with Gasteiger partial charge in [-0.2, -0.15) is 18.2 Å². The Morgan fingerprint density at radius 3 is 2.62 bits per heavy atom. The van der Waals surface area contributed by atoms with Crippen molar-refractivity contribution >= 4 is 22.1 Å². The van der Waals surface area contributed by atoms with Crippen LogP contribution in [0, 0.1) is 0 Å². The molecule has 1 heterocycles. The Hall–Kier alpha value is -3.09. The maximum absolute atomic E-state index is 12.8. The molecule has 172 valence electrons. The fraction of sp³-hybridized carbons (Fsp3) is 0.300. The first-order chi connectivity index (χ1) is 15.3. The first-order valence-corrected chi connectivity index (χ1v) is 10.9. The average Bonchev–Trinajstić information content (AvgIpc) is 2.80. The van der Waals surface area contributed by atoms with Crippen LogP contribution in [0.2, 0.25) is 0 Å². The van der Waals surface area contributed by atoms with Crippen molar-refractivity contribution < 1.29 is 36.2 Å². The molecule has 1 aliphatic rings. The minimum atomic E-state index is -3.75. The number of carbonyl (C=O) groups excluding carboxylic acids is 1. The zero-order chi connectivity index (χ0) is 23.1. The molecule has 0 bridgehead atoms. The number of morpholine rings is 1. The molecule has 1 amide bonds. The van der Waals surface area contributed by atoms with E-state index in [1.54, 1.807) is 0 Å². The summed E-state index contributed by atoms with van der Waals surface area (Å²) >= 11 is 0. The molecule has 0 radical (unpaired) electrons. The van der Waals surface area contributed by atoms with Crippen LogP contribution in [0.3, 0.4) is 0 Å². The van der Waals surface area contributed by atoms with Crippen LogP contribution in [0.15, 0.2) is 52.5 Å². The third-order valence-electron chi connectivity index (χ3n) is 4.49. The number of halogens is 2. The van der Waals surface area contributed by atoms with E-state index >= 15 is 0 Å². The second kappa shape index (κ2) is 10.5. The van der Waals surface area contributed by atoms with Gasteiger partial charge in [-0.15, -0.1) is 0 Å². The van der Waals surface area contributed by atoms with Gasteiger partial charge in [-0.3, -0.25) is 4.79 Å². The minimum Gasteiger partial charge on any atom is -0.493 e. The van der Waals surface area contributed by atoms with Crippen molar-refractivity contribution in [3.8, 4) is 11.5 Å². The van der Waals surface area contributed by atoms with Gasteiger partial charge >= 0.3 is 6.61 Å². The molecule has 0 saturated carbocycles. The van der Waals surface area contributed by atoms with E-state index in [0.29, 0.717) is 18.8 Å². The number of carbonyl (C=O) groups is 1. The van der Waals surface area contributed by atoms with E-state index in [1.807, 2.05) is 0 Å². The fourth-order valence-corrected chi connectivity index (χ4v) is 4.38. The molecule has 1 aliphatic heterocycles. The van der Waals surface area contributed by atoms with Crippen LogP contribution in [0.4, 0.5) is 8.78 Å². The number of sulfonamides is 1. The zero-order valence-electron chi connectivity index (χ0n) is 17.0. The van der Waals surface area contributed by atoms with Crippen molar-refractivity contribution in [2.75, 3.05) is 33.4 Å². The summed E-state index contributed by atoms with van der Waals surface area (Å²) in [5, 5.41) is 3.82. The molecule has 1 fully saturated rings. The van der Waals surface area contributed by atoms with E-state index in [1.165, 1.54) is 60.1 Å². The van der Waals surface area contributed by atoms with Gasteiger partial charge in [0.2, 0.25) is 10.0 Å². The predicted octanol–water partition coefficient (Wildman–Crippen LogP) is 2.08. The third-order valence-corrected chi connectivity index (χ3v) is 6.38. The van der Waals surface area contributed by atoms with Crippen LogP contribution >= 0.6 is 0 Å². The monoisotopic (exact) mass is 469 g/mol. The number of amides is 1. The SMILES string of the molecule is COc1cc(/C=N\NC(=O)c2cccc(S(=O)(=O)N3CCOCC3)c2)ccc1OC(F)F. The molecule has 32 heavy (non-hydrogen) atoms. The first kappa shape index (κ1) is 23.6. The highest BCUT2D eigenvalue weighted by Gasteiger charge is 2.26. The van der Waals surface area contributed by atoms with Crippen molar-refractivity contribution in [3.05, 3.63) is 53.6 Å².